The Hall–Kier alpha value is -1.88. The maximum absolute atomic E-state index is 12.5. The molecule has 2 aromatic heterocycles. The van der Waals surface area contributed by atoms with Gasteiger partial charge in [0, 0.05) is 25.8 Å². The number of amides is 1. The number of likely N-dealkylation sites (N-methyl/N-ethyl adjacent to an activating group) is 1. The smallest absolute Gasteiger partial charge is 0.257 e. The minimum atomic E-state index is 0.0462. The number of pyridine rings is 1. The van der Waals surface area contributed by atoms with Crippen LogP contribution in [0.4, 0.5) is 0 Å². The van der Waals surface area contributed by atoms with Gasteiger partial charge in [0.05, 0.1) is 17.3 Å². The summed E-state index contributed by atoms with van der Waals surface area (Å²) in [6, 6.07) is 6.03. The van der Waals surface area contributed by atoms with Crippen LogP contribution in [0, 0.1) is 0 Å². The van der Waals surface area contributed by atoms with Gasteiger partial charge in [-0.05, 0) is 25.1 Å². The number of fused-ring (bicyclic) bond motifs is 1. The van der Waals surface area contributed by atoms with Crippen molar-refractivity contribution in [2.45, 2.75) is 12.5 Å². The topological polar surface area (TPSA) is 49.6 Å². The SMILES string of the molecule is CN(C(=O)c1cnn2ccccc12)C1CCNC1. The molecular formula is C13H16N4O. The lowest BCUT2D eigenvalue weighted by Crippen LogP contribution is -2.38. The number of hydrogen-bond donors (Lipinski definition) is 1. The zero-order chi connectivity index (χ0) is 12.5. The van der Waals surface area contributed by atoms with Gasteiger partial charge in [-0.2, -0.15) is 5.10 Å². The summed E-state index contributed by atoms with van der Waals surface area (Å²) in [5.74, 6) is 0.0462. The summed E-state index contributed by atoms with van der Waals surface area (Å²) in [5.41, 5.74) is 1.53. The Kier molecular flexibility index (Phi) is 2.76. The maximum atomic E-state index is 12.5. The molecule has 94 valence electrons. The summed E-state index contributed by atoms with van der Waals surface area (Å²) >= 11 is 0. The van der Waals surface area contributed by atoms with E-state index >= 15 is 0 Å². The molecule has 1 fully saturated rings. The Labute approximate surface area is 105 Å². The number of aromatic nitrogens is 2. The van der Waals surface area contributed by atoms with Crippen LogP contribution in [0.5, 0.6) is 0 Å². The minimum absolute atomic E-state index is 0.0462. The van der Waals surface area contributed by atoms with E-state index in [1.165, 1.54) is 0 Å². The molecule has 0 aliphatic carbocycles. The summed E-state index contributed by atoms with van der Waals surface area (Å²) in [7, 11) is 1.87. The Morgan fingerprint density at radius 1 is 1.56 bits per heavy atom. The summed E-state index contributed by atoms with van der Waals surface area (Å²) in [6.07, 6.45) is 4.52. The average Bonchev–Trinajstić information content (AvgIpc) is 3.06. The van der Waals surface area contributed by atoms with E-state index in [2.05, 4.69) is 10.4 Å². The molecule has 5 nitrogen and oxygen atoms in total. The van der Waals surface area contributed by atoms with Crippen molar-refractivity contribution in [2.75, 3.05) is 20.1 Å². The van der Waals surface area contributed by atoms with Gasteiger partial charge < -0.3 is 10.2 Å². The number of rotatable bonds is 2. The van der Waals surface area contributed by atoms with Crippen LogP contribution in [-0.2, 0) is 0 Å². The minimum Gasteiger partial charge on any atom is -0.337 e. The summed E-state index contributed by atoms with van der Waals surface area (Å²) < 4.78 is 1.73. The number of nitrogens with zero attached hydrogens (tertiary/aromatic N) is 3. The Morgan fingerprint density at radius 2 is 2.44 bits per heavy atom. The maximum Gasteiger partial charge on any atom is 0.257 e. The molecule has 1 N–H and O–H groups in total. The molecule has 1 unspecified atom stereocenters. The van der Waals surface area contributed by atoms with Gasteiger partial charge in [-0.1, -0.05) is 6.07 Å². The van der Waals surface area contributed by atoms with Gasteiger partial charge in [0.25, 0.3) is 5.91 Å². The third-order valence-corrected chi connectivity index (χ3v) is 3.56. The molecule has 5 heteroatoms. The first-order valence-corrected chi connectivity index (χ1v) is 6.17. The van der Waals surface area contributed by atoms with Crippen LogP contribution in [0.1, 0.15) is 16.8 Å². The fourth-order valence-corrected chi connectivity index (χ4v) is 2.43. The molecule has 1 aliphatic rings. The summed E-state index contributed by atoms with van der Waals surface area (Å²) in [5, 5.41) is 7.48. The van der Waals surface area contributed by atoms with Crippen molar-refractivity contribution in [2.24, 2.45) is 0 Å². The molecule has 0 aromatic carbocycles. The van der Waals surface area contributed by atoms with Gasteiger partial charge in [-0.25, -0.2) is 4.52 Å². The van der Waals surface area contributed by atoms with Gasteiger partial charge in [0.1, 0.15) is 0 Å². The molecule has 0 radical (unpaired) electrons. The van der Waals surface area contributed by atoms with Crippen LogP contribution in [-0.4, -0.2) is 46.6 Å². The first kappa shape index (κ1) is 11.2. The number of carbonyl (C=O) groups is 1. The molecule has 0 spiro atoms. The first-order valence-electron chi connectivity index (χ1n) is 6.17. The third-order valence-electron chi connectivity index (χ3n) is 3.56. The standard InChI is InChI=1S/C13H16N4O/c1-16(10-5-6-14-8-10)13(18)11-9-15-17-7-3-2-4-12(11)17/h2-4,7,9-10,14H,5-6,8H2,1H3. The molecule has 2 aromatic rings. The second kappa shape index (κ2) is 4.42. The van der Waals surface area contributed by atoms with Crippen molar-refractivity contribution >= 4 is 11.4 Å². The van der Waals surface area contributed by atoms with Crippen LogP contribution in [0.25, 0.3) is 5.52 Å². The Balaban J connectivity index is 1.91. The fraction of sp³-hybridized carbons (Fsp3) is 0.385. The van der Waals surface area contributed by atoms with Gasteiger partial charge in [-0.3, -0.25) is 4.79 Å². The van der Waals surface area contributed by atoms with Crippen molar-refractivity contribution in [3.63, 3.8) is 0 Å². The van der Waals surface area contributed by atoms with E-state index in [4.69, 9.17) is 0 Å². The normalized spacial score (nSPS) is 19.3. The first-order chi connectivity index (χ1) is 8.77. The van der Waals surface area contributed by atoms with Crippen molar-refractivity contribution in [1.29, 1.82) is 0 Å². The number of carbonyl (C=O) groups excluding carboxylic acids is 1. The Bertz CT molecular complexity index is 571. The lowest BCUT2D eigenvalue weighted by molar-refractivity contribution is 0.0745. The molecule has 0 saturated carbocycles. The van der Waals surface area contributed by atoms with E-state index < -0.39 is 0 Å². The third kappa shape index (κ3) is 1.76. The molecular weight excluding hydrogens is 228 g/mol. The number of nitrogens with one attached hydrogen (secondary N) is 1. The van der Waals surface area contributed by atoms with Gasteiger partial charge in [-0.15, -0.1) is 0 Å². The van der Waals surface area contributed by atoms with Gasteiger partial charge in [0.2, 0.25) is 0 Å². The molecule has 3 heterocycles. The summed E-state index contributed by atoms with van der Waals surface area (Å²) in [4.78, 5) is 14.3. The second-order valence-corrected chi connectivity index (χ2v) is 4.65. The zero-order valence-corrected chi connectivity index (χ0v) is 10.3. The Morgan fingerprint density at radius 3 is 3.22 bits per heavy atom. The number of hydrogen-bond acceptors (Lipinski definition) is 3. The lowest BCUT2D eigenvalue weighted by atomic mass is 10.2. The highest BCUT2D eigenvalue weighted by molar-refractivity contribution is 6.00. The van der Waals surface area contributed by atoms with E-state index in [0.717, 1.165) is 25.0 Å². The largest absolute Gasteiger partial charge is 0.337 e. The van der Waals surface area contributed by atoms with Crippen LogP contribution >= 0.6 is 0 Å². The molecule has 0 bridgehead atoms. The highest BCUT2D eigenvalue weighted by atomic mass is 16.2. The highest BCUT2D eigenvalue weighted by Gasteiger charge is 2.25. The van der Waals surface area contributed by atoms with Crippen LogP contribution < -0.4 is 5.32 Å². The molecule has 1 atom stereocenters. The van der Waals surface area contributed by atoms with E-state index in [-0.39, 0.29) is 11.9 Å². The van der Waals surface area contributed by atoms with Crippen LogP contribution in [0.3, 0.4) is 0 Å². The van der Waals surface area contributed by atoms with Crippen molar-refractivity contribution in [3.8, 4) is 0 Å². The van der Waals surface area contributed by atoms with Crippen LogP contribution in [0.2, 0.25) is 0 Å². The van der Waals surface area contributed by atoms with E-state index in [1.54, 1.807) is 10.7 Å². The lowest BCUT2D eigenvalue weighted by Gasteiger charge is -2.23. The predicted molar refractivity (Wildman–Crippen MR) is 68.6 cm³/mol. The molecule has 1 amide bonds. The van der Waals surface area contributed by atoms with Crippen molar-refractivity contribution in [1.82, 2.24) is 19.8 Å². The predicted octanol–water partition coefficient (Wildman–Crippen LogP) is 0.768. The van der Waals surface area contributed by atoms with Crippen molar-refractivity contribution in [3.05, 3.63) is 36.2 Å². The quantitative estimate of drug-likeness (QED) is 0.849. The van der Waals surface area contributed by atoms with E-state index in [9.17, 15) is 4.79 Å². The monoisotopic (exact) mass is 244 g/mol. The van der Waals surface area contributed by atoms with E-state index in [1.807, 2.05) is 36.3 Å². The van der Waals surface area contributed by atoms with Crippen molar-refractivity contribution < 1.29 is 4.79 Å². The second-order valence-electron chi connectivity index (χ2n) is 4.65. The zero-order valence-electron chi connectivity index (χ0n) is 10.3. The average molecular weight is 244 g/mol. The molecule has 1 saturated heterocycles. The molecule has 1 aliphatic heterocycles. The van der Waals surface area contributed by atoms with Gasteiger partial charge >= 0.3 is 0 Å². The molecule has 18 heavy (non-hydrogen) atoms. The summed E-state index contributed by atoms with van der Waals surface area (Å²) in [6.45, 7) is 1.86. The molecule has 3 rings (SSSR count). The van der Waals surface area contributed by atoms with E-state index in [0.29, 0.717) is 5.56 Å². The van der Waals surface area contributed by atoms with Crippen LogP contribution in [0.15, 0.2) is 30.6 Å². The van der Waals surface area contributed by atoms with Gasteiger partial charge in [0.15, 0.2) is 0 Å². The fourth-order valence-electron chi connectivity index (χ4n) is 2.43. The highest BCUT2D eigenvalue weighted by Crippen LogP contribution is 2.15.